The number of methoxy groups -OCH3 is 1. The van der Waals surface area contributed by atoms with Crippen LogP contribution in [-0.4, -0.2) is 18.4 Å². The second-order valence-electron chi connectivity index (χ2n) is 3.12. The van der Waals surface area contributed by atoms with Crippen LogP contribution in [0.3, 0.4) is 0 Å². The zero-order valence-corrected chi connectivity index (χ0v) is 8.62. The van der Waals surface area contributed by atoms with E-state index in [1.807, 2.05) is 6.07 Å². The van der Waals surface area contributed by atoms with E-state index in [1.54, 1.807) is 6.07 Å². The first-order valence-corrected chi connectivity index (χ1v) is 4.81. The lowest BCUT2D eigenvalue weighted by Gasteiger charge is -2.04. The van der Waals surface area contributed by atoms with Gasteiger partial charge >= 0.3 is 0 Å². The summed E-state index contributed by atoms with van der Waals surface area (Å²) < 4.78 is 5.01. The van der Waals surface area contributed by atoms with Crippen LogP contribution >= 0.6 is 0 Å². The number of ether oxygens (including phenoxy) is 1. The minimum Gasteiger partial charge on any atom is -0.480 e. The topological polar surface area (TPSA) is 39.2 Å². The van der Waals surface area contributed by atoms with Gasteiger partial charge in [0, 0.05) is 5.69 Å². The number of carbonyl (C=O) groups excluding carboxylic acids is 1. The van der Waals surface area contributed by atoms with Gasteiger partial charge < -0.3 is 4.74 Å². The smallest absolute Gasteiger partial charge is 0.224 e. The molecular formula is C11H15NO2. The maximum absolute atomic E-state index is 10.6. The number of hydrogen-bond acceptors (Lipinski definition) is 3. The maximum atomic E-state index is 10.6. The number of nitrogens with zero attached hydrogens (tertiary/aromatic N) is 1. The van der Waals surface area contributed by atoms with Crippen LogP contribution in [0.2, 0.25) is 0 Å². The molecule has 0 amide bonds. The highest BCUT2D eigenvalue weighted by atomic mass is 16.5. The lowest BCUT2D eigenvalue weighted by molar-refractivity contribution is 0.112. The second-order valence-corrected chi connectivity index (χ2v) is 3.12. The molecule has 0 unspecified atom stereocenters. The van der Waals surface area contributed by atoms with Crippen LogP contribution in [-0.2, 0) is 6.42 Å². The van der Waals surface area contributed by atoms with Crippen LogP contribution in [0.5, 0.6) is 5.88 Å². The summed E-state index contributed by atoms with van der Waals surface area (Å²) in [6.07, 6.45) is 3.94. The number of aldehydes is 1. The van der Waals surface area contributed by atoms with Crippen LogP contribution in [0.4, 0.5) is 0 Å². The van der Waals surface area contributed by atoms with Crippen molar-refractivity contribution >= 4 is 6.29 Å². The quantitative estimate of drug-likeness (QED) is 0.673. The van der Waals surface area contributed by atoms with Crippen LogP contribution < -0.4 is 4.74 Å². The van der Waals surface area contributed by atoms with E-state index in [4.69, 9.17) is 4.74 Å². The fourth-order valence-electron chi connectivity index (χ4n) is 1.24. The second kappa shape index (κ2) is 5.37. The fourth-order valence-corrected chi connectivity index (χ4v) is 1.24. The summed E-state index contributed by atoms with van der Waals surface area (Å²) in [6.45, 7) is 2.14. The van der Waals surface area contributed by atoms with Gasteiger partial charge in [-0.05, 0) is 25.0 Å². The van der Waals surface area contributed by atoms with E-state index in [1.165, 1.54) is 7.11 Å². The number of rotatable bonds is 5. The third kappa shape index (κ3) is 2.55. The summed E-state index contributed by atoms with van der Waals surface area (Å²) in [5.41, 5.74) is 1.49. The van der Waals surface area contributed by atoms with E-state index >= 15 is 0 Å². The first-order valence-electron chi connectivity index (χ1n) is 4.81. The van der Waals surface area contributed by atoms with Gasteiger partial charge in [-0.25, -0.2) is 4.98 Å². The molecule has 0 saturated heterocycles. The minimum atomic E-state index is 0.425. The van der Waals surface area contributed by atoms with Crippen molar-refractivity contribution in [2.45, 2.75) is 26.2 Å². The van der Waals surface area contributed by atoms with Gasteiger partial charge in [0.2, 0.25) is 5.88 Å². The SMILES string of the molecule is CCCCc1ccc(C=O)c(OC)n1. The molecule has 0 aromatic carbocycles. The lowest BCUT2D eigenvalue weighted by Crippen LogP contribution is -1.98. The Labute approximate surface area is 84.1 Å². The molecule has 0 saturated carbocycles. The van der Waals surface area contributed by atoms with E-state index in [9.17, 15) is 4.79 Å². The Balaban J connectivity index is 2.84. The Kier molecular flexibility index (Phi) is 4.11. The van der Waals surface area contributed by atoms with E-state index in [0.717, 1.165) is 31.2 Å². The predicted octanol–water partition coefficient (Wildman–Crippen LogP) is 2.25. The molecule has 3 nitrogen and oxygen atoms in total. The fraction of sp³-hybridized carbons (Fsp3) is 0.455. The molecular weight excluding hydrogens is 178 g/mol. The number of carbonyl (C=O) groups is 1. The molecule has 3 heteroatoms. The molecule has 1 aromatic rings. The van der Waals surface area contributed by atoms with Crippen molar-refractivity contribution in [3.05, 3.63) is 23.4 Å². The summed E-state index contributed by atoms with van der Waals surface area (Å²) >= 11 is 0. The van der Waals surface area contributed by atoms with Crippen LogP contribution in [0, 0.1) is 0 Å². The van der Waals surface area contributed by atoms with Gasteiger partial charge in [-0.15, -0.1) is 0 Å². The average Bonchev–Trinajstić information content (AvgIpc) is 2.25. The van der Waals surface area contributed by atoms with Crippen molar-refractivity contribution in [1.29, 1.82) is 0 Å². The molecule has 1 heterocycles. The van der Waals surface area contributed by atoms with Crippen LogP contribution in [0.15, 0.2) is 12.1 Å². The van der Waals surface area contributed by atoms with E-state index in [-0.39, 0.29) is 0 Å². The van der Waals surface area contributed by atoms with Gasteiger partial charge in [-0.3, -0.25) is 4.79 Å². The molecule has 0 aliphatic heterocycles. The number of hydrogen-bond donors (Lipinski definition) is 0. The highest BCUT2D eigenvalue weighted by Gasteiger charge is 2.04. The summed E-state index contributed by atoms with van der Waals surface area (Å²) in [6, 6.07) is 3.63. The number of aromatic nitrogens is 1. The molecule has 0 radical (unpaired) electrons. The van der Waals surface area contributed by atoms with E-state index in [0.29, 0.717) is 11.4 Å². The summed E-state index contributed by atoms with van der Waals surface area (Å²) in [7, 11) is 1.53. The predicted molar refractivity (Wildman–Crippen MR) is 54.8 cm³/mol. The zero-order chi connectivity index (χ0) is 10.4. The Bertz CT molecular complexity index is 310. The molecule has 76 valence electrons. The van der Waals surface area contributed by atoms with Gasteiger partial charge in [-0.2, -0.15) is 0 Å². The molecule has 14 heavy (non-hydrogen) atoms. The standard InChI is InChI=1S/C11H15NO2/c1-3-4-5-10-7-6-9(8-13)11(12-10)14-2/h6-8H,3-5H2,1-2H3. The van der Waals surface area contributed by atoms with Gasteiger partial charge in [0.05, 0.1) is 12.7 Å². The highest BCUT2D eigenvalue weighted by molar-refractivity contribution is 5.78. The van der Waals surface area contributed by atoms with Crippen LogP contribution in [0.25, 0.3) is 0 Å². The first kappa shape index (κ1) is 10.7. The third-order valence-corrected chi connectivity index (χ3v) is 2.05. The van der Waals surface area contributed by atoms with Crippen molar-refractivity contribution < 1.29 is 9.53 Å². The molecule has 0 N–H and O–H groups in total. The molecule has 1 rings (SSSR count). The van der Waals surface area contributed by atoms with Crippen molar-refractivity contribution in [2.75, 3.05) is 7.11 Å². The van der Waals surface area contributed by atoms with Crippen molar-refractivity contribution in [3.8, 4) is 5.88 Å². The summed E-state index contributed by atoms with van der Waals surface area (Å²) in [4.78, 5) is 14.8. The Morgan fingerprint density at radius 2 is 2.29 bits per heavy atom. The Hall–Kier alpha value is -1.38. The van der Waals surface area contributed by atoms with Crippen molar-refractivity contribution in [2.24, 2.45) is 0 Å². The highest BCUT2D eigenvalue weighted by Crippen LogP contribution is 2.14. The van der Waals surface area contributed by atoms with Gasteiger partial charge in [-0.1, -0.05) is 13.3 Å². The average molecular weight is 193 g/mol. The van der Waals surface area contributed by atoms with Gasteiger partial charge in [0.15, 0.2) is 6.29 Å². The largest absolute Gasteiger partial charge is 0.480 e. The summed E-state index contributed by atoms with van der Waals surface area (Å²) in [5, 5.41) is 0. The molecule has 0 spiro atoms. The van der Waals surface area contributed by atoms with E-state index in [2.05, 4.69) is 11.9 Å². The molecule has 0 bridgehead atoms. The number of pyridine rings is 1. The van der Waals surface area contributed by atoms with Crippen LogP contribution in [0.1, 0.15) is 35.8 Å². The Morgan fingerprint density at radius 3 is 2.86 bits per heavy atom. The molecule has 0 aliphatic rings. The minimum absolute atomic E-state index is 0.425. The number of unbranched alkanes of at least 4 members (excludes halogenated alkanes) is 1. The van der Waals surface area contributed by atoms with Crippen molar-refractivity contribution in [1.82, 2.24) is 4.98 Å². The zero-order valence-electron chi connectivity index (χ0n) is 8.62. The molecule has 0 atom stereocenters. The normalized spacial score (nSPS) is 9.86. The molecule has 1 aromatic heterocycles. The summed E-state index contributed by atoms with van der Waals surface area (Å²) in [5.74, 6) is 0.425. The Morgan fingerprint density at radius 1 is 1.50 bits per heavy atom. The monoisotopic (exact) mass is 193 g/mol. The van der Waals surface area contributed by atoms with Gasteiger partial charge in [0.1, 0.15) is 0 Å². The lowest BCUT2D eigenvalue weighted by atomic mass is 10.1. The third-order valence-electron chi connectivity index (χ3n) is 2.05. The van der Waals surface area contributed by atoms with Crippen molar-refractivity contribution in [3.63, 3.8) is 0 Å². The van der Waals surface area contributed by atoms with Gasteiger partial charge in [0.25, 0.3) is 0 Å². The van der Waals surface area contributed by atoms with E-state index < -0.39 is 0 Å². The molecule has 0 fully saturated rings. The maximum Gasteiger partial charge on any atom is 0.224 e. The number of aryl methyl sites for hydroxylation is 1. The molecule has 0 aliphatic carbocycles. The first-order chi connectivity index (χ1) is 6.81.